The number of quaternary nitrogens is 1. The first-order valence-electron chi connectivity index (χ1n) is 14.7. The predicted octanol–water partition coefficient (Wildman–Crippen LogP) is 7.93. The molecular formula is C31H58NO4+. The largest absolute Gasteiger partial charge is 0.456 e. The van der Waals surface area contributed by atoms with E-state index in [9.17, 15) is 9.59 Å². The van der Waals surface area contributed by atoms with Crippen molar-refractivity contribution in [3.05, 3.63) is 24.3 Å². The Balaban J connectivity index is 3.98. The Hall–Kier alpha value is -1.62. The molecule has 0 aliphatic heterocycles. The van der Waals surface area contributed by atoms with E-state index in [1.807, 2.05) is 0 Å². The third-order valence-electron chi connectivity index (χ3n) is 6.98. The van der Waals surface area contributed by atoms with E-state index in [2.05, 4.69) is 27.1 Å². The van der Waals surface area contributed by atoms with Gasteiger partial charge in [0.1, 0.15) is 26.3 Å². The minimum atomic E-state index is -0.349. The number of nitrogens with zero attached hydrogens (tertiary/aromatic N) is 1. The Morgan fingerprint density at radius 2 is 0.861 bits per heavy atom. The number of rotatable bonds is 25. The van der Waals surface area contributed by atoms with Gasteiger partial charge in [0.2, 0.25) is 0 Å². The third-order valence-corrected chi connectivity index (χ3v) is 6.98. The molecule has 0 bridgehead atoms. The van der Waals surface area contributed by atoms with Crippen molar-refractivity contribution in [1.82, 2.24) is 0 Å². The van der Waals surface area contributed by atoms with Crippen molar-refractivity contribution in [2.75, 3.05) is 39.9 Å². The van der Waals surface area contributed by atoms with Crippen LogP contribution < -0.4 is 0 Å². The molecule has 0 saturated heterocycles. The first kappa shape index (κ1) is 34.4. The van der Waals surface area contributed by atoms with Gasteiger partial charge in [-0.2, -0.15) is 0 Å². The molecule has 0 rings (SSSR count). The molecule has 0 aliphatic carbocycles. The highest BCUT2D eigenvalue weighted by Gasteiger charge is 2.22. The van der Waals surface area contributed by atoms with Gasteiger partial charge < -0.3 is 14.0 Å². The summed E-state index contributed by atoms with van der Waals surface area (Å²) in [6.07, 6.45) is 21.7. The summed E-state index contributed by atoms with van der Waals surface area (Å²) in [4.78, 5) is 23.4. The van der Waals surface area contributed by atoms with Gasteiger partial charge in [0.15, 0.2) is 0 Å². The summed E-state index contributed by atoms with van der Waals surface area (Å²) in [6, 6.07) is 0. The van der Waals surface area contributed by atoms with E-state index >= 15 is 0 Å². The standard InChI is InChI=1S/C31H58NO4/c1-7-8-9-10-11-12-13-14-15-16-17-18-19-20-21-22-23-32(6,24-26-35-30(33)28(2)3)25-27-36-31(34)29(4)5/h2,4,7-27H2,1,3,5-6H3/q+1. The van der Waals surface area contributed by atoms with Crippen LogP contribution in [0.1, 0.15) is 124 Å². The van der Waals surface area contributed by atoms with Crippen LogP contribution in [0.2, 0.25) is 0 Å². The van der Waals surface area contributed by atoms with E-state index in [1.54, 1.807) is 13.8 Å². The number of hydrogen-bond acceptors (Lipinski definition) is 4. The van der Waals surface area contributed by atoms with Crippen molar-refractivity contribution in [2.45, 2.75) is 124 Å². The zero-order chi connectivity index (χ0) is 27.1. The summed E-state index contributed by atoms with van der Waals surface area (Å²) in [7, 11) is 2.15. The summed E-state index contributed by atoms with van der Waals surface area (Å²) < 4.78 is 11.4. The van der Waals surface area contributed by atoms with Gasteiger partial charge >= 0.3 is 11.9 Å². The Labute approximate surface area is 223 Å². The van der Waals surface area contributed by atoms with Gasteiger partial charge in [0, 0.05) is 11.1 Å². The molecule has 0 aromatic rings. The van der Waals surface area contributed by atoms with E-state index in [4.69, 9.17) is 9.47 Å². The van der Waals surface area contributed by atoms with Crippen LogP contribution in [-0.4, -0.2) is 56.3 Å². The lowest BCUT2D eigenvalue weighted by atomic mass is 10.0. The number of hydrogen-bond donors (Lipinski definition) is 0. The SMILES string of the molecule is C=C(C)C(=O)OCC[N+](C)(CCCCCCCCCCCCCCCCCC)CCOC(=O)C(=C)C. The predicted molar refractivity (Wildman–Crippen MR) is 152 cm³/mol. The zero-order valence-electron chi connectivity index (χ0n) is 24.3. The molecule has 0 saturated carbocycles. The second kappa shape index (κ2) is 22.6. The first-order valence-corrected chi connectivity index (χ1v) is 14.7. The average Bonchev–Trinajstić information content (AvgIpc) is 2.83. The molecule has 5 nitrogen and oxygen atoms in total. The third kappa shape index (κ3) is 20.6. The van der Waals surface area contributed by atoms with Crippen LogP contribution in [0.25, 0.3) is 0 Å². The fourth-order valence-corrected chi connectivity index (χ4v) is 4.34. The summed E-state index contributed by atoms with van der Waals surface area (Å²) in [5, 5.41) is 0. The smallest absolute Gasteiger partial charge is 0.333 e. The molecule has 0 aromatic heterocycles. The van der Waals surface area contributed by atoms with Crippen molar-refractivity contribution < 1.29 is 23.5 Å². The Morgan fingerprint density at radius 3 is 1.17 bits per heavy atom. The molecule has 0 atom stereocenters. The van der Waals surface area contributed by atoms with Gasteiger partial charge in [-0.05, 0) is 26.7 Å². The molecule has 5 heteroatoms. The van der Waals surface area contributed by atoms with E-state index in [0.717, 1.165) is 13.0 Å². The maximum absolute atomic E-state index is 11.7. The second-order valence-electron chi connectivity index (χ2n) is 10.9. The van der Waals surface area contributed by atoms with Crippen LogP contribution in [-0.2, 0) is 19.1 Å². The topological polar surface area (TPSA) is 52.6 Å². The van der Waals surface area contributed by atoms with Crippen molar-refractivity contribution in [2.24, 2.45) is 0 Å². The number of likely N-dealkylation sites (N-methyl/N-ethyl adjacent to an activating group) is 1. The van der Waals surface area contributed by atoms with E-state index in [0.29, 0.717) is 41.9 Å². The maximum atomic E-state index is 11.7. The van der Waals surface area contributed by atoms with Gasteiger partial charge in [-0.15, -0.1) is 0 Å². The highest BCUT2D eigenvalue weighted by atomic mass is 16.5. The molecule has 0 fully saturated rings. The van der Waals surface area contributed by atoms with Gasteiger partial charge in [0.25, 0.3) is 0 Å². The van der Waals surface area contributed by atoms with Crippen LogP contribution >= 0.6 is 0 Å². The normalized spacial score (nSPS) is 11.3. The molecule has 0 aromatic carbocycles. The average molecular weight is 509 g/mol. The summed E-state index contributed by atoms with van der Waals surface area (Å²) in [5.74, 6) is -0.699. The summed E-state index contributed by atoms with van der Waals surface area (Å²) in [5.41, 5.74) is 0.829. The van der Waals surface area contributed by atoms with Gasteiger partial charge in [-0.3, -0.25) is 0 Å². The Morgan fingerprint density at radius 1 is 0.556 bits per heavy atom. The minimum absolute atomic E-state index is 0.343. The summed E-state index contributed by atoms with van der Waals surface area (Å²) in [6.45, 7) is 15.9. The number of esters is 2. The monoisotopic (exact) mass is 508 g/mol. The quantitative estimate of drug-likeness (QED) is 0.0544. The zero-order valence-corrected chi connectivity index (χ0v) is 24.3. The number of unbranched alkanes of at least 4 members (excludes halogenated alkanes) is 15. The molecule has 0 N–H and O–H groups in total. The van der Waals surface area contributed by atoms with E-state index in [1.165, 1.54) is 96.3 Å². The van der Waals surface area contributed by atoms with Gasteiger partial charge in [0.05, 0.1) is 13.6 Å². The van der Waals surface area contributed by atoms with Crippen LogP contribution in [0.15, 0.2) is 24.3 Å². The maximum Gasteiger partial charge on any atom is 0.333 e. The van der Waals surface area contributed by atoms with E-state index < -0.39 is 0 Å². The molecule has 210 valence electrons. The number of carbonyl (C=O) groups is 2. The van der Waals surface area contributed by atoms with Crippen molar-refractivity contribution in [3.8, 4) is 0 Å². The molecule has 0 radical (unpaired) electrons. The number of ether oxygens (including phenoxy) is 2. The summed E-state index contributed by atoms with van der Waals surface area (Å²) >= 11 is 0. The molecular weight excluding hydrogens is 450 g/mol. The molecule has 0 unspecified atom stereocenters. The lowest BCUT2D eigenvalue weighted by molar-refractivity contribution is -0.910. The molecule has 0 spiro atoms. The molecule has 36 heavy (non-hydrogen) atoms. The van der Waals surface area contributed by atoms with Gasteiger partial charge in [-0.1, -0.05) is 110 Å². The van der Waals surface area contributed by atoms with Crippen molar-refractivity contribution in [1.29, 1.82) is 0 Å². The Bertz CT molecular complexity index is 582. The second-order valence-corrected chi connectivity index (χ2v) is 10.9. The van der Waals surface area contributed by atoms with Crippen LogP contribution in [0, 0.1) is 0 Å². The first-order chi connectivity index (χ1) is 17.2. The fourth-order valence-electron chi connectivity index (χ4n) is 4.34. The number of carbonyl (C=O) groups excluding carboxylic acids is 2. The lowest BCUT2D eigenvalue weighted by Gasteiger charge is -2.34. The fraction of sp³-hybridized carbons (Fsp3) is 0.806. The Kier molecular flexibility index (Phi) is 21.6. The highest BCUT2D eigenvalue weighted by molar-refractivity contribution is 5.87. The van der Waals surface area contributed by atoms with Gasteiger partial charge in [-0.25, -0.2) is 9.59 Å². The van der Waals surface area contributed by atoms with Crippen LogP contribution in [0.4, 0.5) is 0 Å². The molecule has 0 heterocycles. The highest BCUT2D eigenvalue weighted by Crippen LogP contribution is 2.15. The van der Waals surface area contributed by atoms with Crippen molar-refractivity contribution >= 4 is 11.9 Å². The van der Waals surface area contributed by atoms with E-state index in [-0.39, 0.29) is 11.9 Å². The lowest BCUT2D eigenvalue weighted by Crippen LogP contribution is -2.49. The van der Waals surface area contributed by atoms with Crippen molar-refractivity contribution in [3.63, 3.8) is 0 Å². The molecule has 0 aliphatic rings. The minimum Gasteiger partial charge on any atom is -0.456 e. The van der Waals surface area contributed by atoms with Crippen LogP contribution in [0.3, 0.4) is 0 Å². The van der Waals surface area contributed by atoms with Crippen LogP contribution in [0.5, 0.6) is 0 Å². The molecule has 0 amide bonds.